The zero-order valence-electron chi connectivity index (χ0n) is 11.9. The summed E-state index contributed by atoms with van der Waals surface area (Å²) >= 11 is 7.12. The van der Waals surface area contributed by atoms with E-state index in [4.69, 9.17) is 4.74 Å². The fourth-order valence-electron chi connectivity index (χ4n) is 3.08. The number of hydrogen-bond acceptors (Lipinski definition) is 2. The summed E-state index contributed by atoms with van der Waals surface area (Å²) in [5.41, 5.74) is 1.54. The van der Waals surface area contributed by atoms with Crippen LogP contribution in [0.25, 0.3) is 0 Å². The largest absolute Gasteiger partial charge is 0.495 e. The van der Waals surface area contributed by atoms with Gasteiger partial charge in [-0.1, -0.05) is 20.8 Å². The van der Waals surface area contributed by atoms with Crippen LogP contribution in [-0.4, -0.2) is 13.2 Å². The molecule has 1 aromatic carbocycles. The molecule has 1 N–H and O–H groups in total. The highest BCUT2D eigenvalue weighted by Gasteiger charge is 2.36. The maximum atomic E-state index is 5.37. The van der Waals surface area contributed by atoms with Crippen molar-refractivity contribution in [3.05, 3.63) is 21.1 Å². The molecule has 106 valence electrons. The zero-order chi connectivity index (χ0) is 14.2. The van der Waals surface area contributed by atoms with Crippen molar-refractivity contribution in [1.82, 2.24) is 0 Å². The lowest BCUT2D eigenvalue weighted by Gasteiger charge is -2.21. The third kappa shape index (κ3) is 3.46. The molecule has 2 nitrogen and oxygen atoms in total. The molecule has 0 bridgehead atoms. The van der Waals surface area contributed by atoms with Crippen molar-refractivity contribution < 1.29 is 4.74 Å². The predicted molar refractivity (Wildman–Crippen MR) is 88.0 cm³/mol. The summed E-state index contributed by atoms with van der Waals surface area (Å²) in [6, 6.07) is 4.61. The first-order valence-corrected chi connectivity index (χ1v) is 8.20. The number of halogens is 2. The van der Waals surface area contributed by atoms with Gasteiger partial charge in [0.15, 0.2) is 0 Å². The smallest absolute Gasteiger partial charge is 0.135 e. The van der Waals surface area contributed by atoms with E-state index in [9.17, 15) is 0 Å². The highest BCUT2D eigenvalue weighted by atomic mass is 79.9. The summed E-state index contributed by atoms with van der Waals surface area (Å²) in [6.07, 6.45) is 2.48. The molecule has 1 fully saturated rings. The molecule has 2 unspecified atom stereocenters. The standard InChI is InChI=1S/C15H21Br2NO/c1-9-7-15(2,3)8-13(9)18-12-6-14(19-4)11(17)5-10(12)16/h5-6,9,13,18H,7-8H2,1-4H3. The van der Waals surface area contributed by atoms with Gasteiger partial charge in [0, 0.05) is 16.6 Å². The first-order valence-electron chi connectivity index (χ1n) is 6.62. The van der Waals surface area contributed by atoms with Crippen LogP contribution in [0.3, 0.4) is 0 Å². The van der Waals surface area contributed by atoms with Gasteiger partial charge < -0.3 is 10.1 Å². The van der Waals surface area contributed by atoms with Gasteiger partial charge in [0.05, 0.1) is 17.3 Å². The fourth-order valence-corrected chi connectivity index (χ4v) is 4.35. The Bertz CT molecular complexity index is 473. The van der Waals surface area contributed by atoms with Gasteiger partial charge in [-0.2, -0.15) is 0 Å². The van der Waals surface area contributed by atoms with E-state index >= 15 is 0 Å². The number of methoxy groups -OCH3 is 1. The maximum absolute atomic E-state index is 5.37. The maximum Gasteiger partial charge on any atom is 0.135 e. The number of nitrogens with one attached hydrogen (secondary N) is 1. The highest BCUT2D eigenvalue weighted by Crippen LogP contribution is 2.43. The number of rotatable bonds is 3. The van der Waals surface area contributed by atoms with Crippen molar-refractivity contribution in [2.75, 3.05) is 12.4 Å². The van der Waals surface area contributed by atoms with Gasteiger partial charge in [-0.05, 0) is 62.1 Å². The lowest BCUT2D eigenvalue weighted by atomic mass is 9.91. The monoisotopic (exact) mass is 389 g/mol. The van der Waals surface area contributed by atoms with Crippen LogP contribution in [0, 0.1) is 11.3 Å². The molecule has 0 radical (unpaired) electrons. The summed E-state index contributed by atoms with van der Waals surface area (Å²) in [5, 5.41) is 3.67. The lowest BCUT2D eigenvalue weighted by Crippen LogP contribution is -2.22. The Hall–Kier alpha value is -0.220. The van der Waals surface area contributed by atoms with Gasteiger partial charge in [-0.25, -0.2) is 0 Å². The molecule has 1 saturated carbocycles. The first-order chi connectivity index (χ1) is 8.82. The molecule has 2 atom stereocenters. The molecule has 4 heteroatoms. The third-order valence-corrected chi connectivity index (χ3v) is 5.19. The molecule has 0 heterocycles. The summed E-state index contributed by atoms with van der Waals surface area (Å²) < 4.78 is 7.40. The van der Waals surface area contributed by atoms with Gasteiger partial charge in [0.25, 0.3) is 0 Å². The number of ether oxygens (including phenoxy) is 1. The second-order valence-electron chi connectivity index (χ2n) is 6.27. The van der Waals surface area contributed by atoms with Crippen molar-refractivity contribution >= 4 is 37.5 Å². The number of anilines is 1. The van der Waals surface area contributed by atoms with Crippen molar-refractivity contribution in [2.45, 2.75) is 39.7 Å². The Labute approximate surface area is 132 Å². The van der Waals surface area contributed by atoms with E-state index in [0.717, 1.165) is 20.4 Å². The van der Waals surface area contributed by atoms with Crippen molar-refractivity contribution in [2.24, 2.45) is 11.3 Å². The van der Waals surface area contributed by atoms with Gasteiger partial charge >= 0.3 is 0 Å². The first kappa shape index (κ1) is 15.2. The molecule has 0 amide bonds. The summed E-state index contributed by atoms with van der Waals surface area (Å²) in [5.74, 6) is 1.55. The van der Waals surface area contributed by atoms with E-state index in [1.165, 1.54) is 12.8 Å². The summed E-state index contributed by atoms with van der Waals surface area (Å²) in [4.78, 5) is 0. The molecule has 1 aliphatic rings. The van der Waals surface area contributed by atoms with Gasteiger partial charge in [0.2, 0.25) is 0 Å². The zero-order valence-corrected chi connectivity index (χ0v) is 15.1. The van der Waals surface area contributed by atoms with Crippen LogP contribution in [0.2, 0.25) is 0 Å². The van der Waals surface area contributed by atoms with Crippen molar-refractivity contribution in [3.63, 3.8) is 0 Å². The topological polar surface area (TPSA) is 21.3 Å². The van der Waals surface area contributed by atoms with Crippen LogP contribution in [0.15, 0.2) is 21.1 Å². The highest BCUT2D eigenvalue weighted by molar-refractivity contribution is 9.11. The minimum Gasteiger partial charge on any atom is -0.495 e. The van der Waals surface area contributed by atoms with Gasteiger partial charge in [-0.15, -0.1) is 0 Å². The van der Waals surface area contributed by atoms with Gasteiger partial charge in [-0.3, -0.25) is 0 Å². The third-order valence-electron chi connectivity index (χ3n) is 3.92. The SMILES string of the molecule is COc1cc(NC2CC(C)(C)CC2C)c(Br)cc1Br. The molecular formula is C15H21Br2NO. The summed E-state index contributed by atoms with van der Waals surface area (Å²) in [6.45, 7) is 7.03. The van der Waals surface area contributed by atoms with Crippen LogP contribution < -0.4 is 10.1 Å². The van der Waals surface area contributed by atoms with E-state index in [-0.39, 0.29) is 0 Å². The molecule has 0 spiro atoms. The van der Waals surface area contributed by atoms with Crippen LogP contribution in [0.1, 0.15) is 33.6 Å². The molecule has 1 aliphatic carbocycles. The van der Waals surface area contributed by atoms with E-state index < -0.39 is 0 Å². The van der Waals surface area contributed by atoms with E-state index in [2.05, 4.69) is 57.9 Å². The van der Waals surface area contributed by atoms with Crippen LogP contribution in [0.5, 0.6) is 5.75 Å². The van der Waals surface area contributed by atoms with E-state index in [1.54, 1.807) is 7.11 Å². The Balaban J connectivity index is 2.20. The Morgan fingerprint density at radius 2 is 1.89 bits per heavy atom. The Morgan fingerprint density at radius 3 is 2.42 bits per heavy atom. The average Bonchev–Trinajstić information content (AvgIpc) is 2.55. The number of hydrogen-bond donors (Lipinski definition) is 1. The Morgan fingerprint density at radius 1 is 1.21 bits per heavy atom. The minimum atomic E-state index is 0.434. The second-order valence-corrected chi connectivity index (χ2v) is 7.98. The predicted octanol–water partition coefficient (Wildman–Crippen LogP) is 5.46. The average molecular weight is 391 g/mol. The van der Waals surface area contributed by atoms with Crippen molar-refractivity contribution in [3.8, 4) is 5.75 Å². The quantitative estimate of drug-likeness (QED) is 0.739. The molecule has 0 aromatic heterocycles. The molecule has 0 aliphatic heterocycles. The van der Waals surface area contributed by atoms with Crippen LogP contribution >= 0.6 is 31.9 Å². The van der Waals surface area contributed by atoms with Crippen LogP contribution in [-0.2, 0) is 0 Å². The summed E-state index contributed by atoms with van der Waals surface area (Å²) in [7, 11) is 1.69. The van der Waals surface area contributed by atoms with Gasteiger partial charge in [0.1, 0.15) is 5.75 Å². The molecular weight excluding hydrogens is 370 g/mol. The fraction of sp³-hybridized carbons (Fsp3) is 0.600. The molecule has 19 heavy (non-hydrogen) atoms. The molecule has 1 aromatic rings. The molecule has 2 rings (SSSR count). The van der Waals surface area contributed by atoms with E-state index in [1.807, 2.05) is 12.1 Å². The van der Waals surface area contributed by atoms with Crippen LogP contribution in [0.4, 0.5) is 5.69 Å². The number of benzene rings is 1. The normalized spacial score (nSPS) is 25.4. The van der Waals surface area contributed by atoms with Crippen molar-refractivity contribution in [1.29, 1.82) is 0 Å². The Kier molecular flexibility index (Phi) is 4.51. The lowest BCUT2D eigenvalue weighted by molar-refractivity contribution is 0.366. The second kappa shape index (κ2) is 5.65. The molecule has 0 saturated heterocycles. The minimum absolute atomic E-state index is 0.434. The van der Waals surface area contributed by atoms with E-state index in [0.29, 0.717) is 17.4 Å².